The van der Waals surface area contributed by atoms with Gasteiger partial charge >= 0.3 is 0 Å². The Hall–Kier alpha value is -0.970. The maximum Gasteiger partial charge on any atom is 0.222 e. The average molecular weight is 249 g/mol. The van der Waals surface area contributed by atoms with Crippen LogP contribution in [-0.2, 0) is 4.79 Å². The molecular weight excluding hydrogens is 222 g/mol. The van der Waals surface area contributed by atoms with Crippen molar-refractivity contribution >= 4 is 5.91 Å². The molecule has 1 saturated heterocycles. The first-order chi connectivity index (χ1) is 8.28. The number of likely N-dealkylation sites (tertiary alicyclic amines) is 1. The molecule has 1 amide bonds. The number of hydrogen-bond acceptors (Lipinski definition) is 1. The second-order valence-electron chi connectivity index (χ2n) is 6.77. The van der Waals surface area contributed by atoms with Crippen molar-refractivity contribution in [3.05, 3.63) is 0 Å². The molecule has 2 heteroatoms. The molecule has 0 aromatic rings. The van der Waals surface area contributed by atoms with E-state index in [2.05, 4.69) is 46.5 Å². The summed E-state index contributed by atoms with van der Waals surface area (Å²) < 4.78 is 0. The van der Waals surface area contributed by atoms with Crippen LogP contribution in [0.4, 0.5) is 0 Å². The Morgan fingerprint density at radius 2 is 1.83 bits per heavy atom. The summed E-state index contributed by atoms with van der Waals surface area (Å²) in [5.41, 5.74) is 0.0879. The second-order valence-corrected chi connectivity index (χ2v) is 6.77. The van der Waals surface area contributed by atoms with Gasteiger partial charge in [-0.25, -0.2) is 0 Å². The summed E-state index contributed by atoms with van der Waals surface area (Å²) in [7, 11) is 0. The molecule has 0 saturated carbocycles. The fourth-order valence-corrected chi connectivity index (χ4v) is 2.07. The predicted octanol–water partition coefficient (Wildman–Crippen LogP) is 3.32. The van der Waals surface area contributed by atoms with Crippen LogP contribution < -0.4 is 0 Å². The van der Waals surface area contributed by atoms with Crippen molar-refractivity contribution in [3.63, 3.8) is 0 Å². The first kappa shape index (κ1) is 15.1. The summed E-state index contributed by atoms with van der Waals surface area (Å²) in [6.45, 7) is 12.4. The fraction of sp³-hybridized carbons (Fsp3) is 0.812. The van der Waals surface area contributed by atoms with E-state index in [9.17, 15) is 4.79 Å². The standard InChI is InChI=1S/C16H27NO/c1-13(2)12-15(18)17-10-7-14(8-11-17)6-9-16(3,4)5/h13-14H,7-8,10-12H2,1-5H3. The molecule has 0 aromatic carbocycles. The Bertz CT molecular complexity index is 332. The molecule has 0 aliphatic carbocycles. The van der Waals surface area contributed by atoms with E-state index in [1.165, 1.54) is 0 Å². The first-order valence-corrected chi connectivity index (χ1v) is 7.08. The Kier molecular flexibility index (Phi) is 5.26. The van der Waals surface area contributed by atoms with Gasteiger partial charge in [0.25, 0.3) is 0 Å². The highest BCUT2D eigenvalue weighted by Gasteiger charge is 2.22. The molecule has 0 spiro atoms. The molecule has 0 bridgehead atoms. The fourth-order valence-electron chi connectivity index (χ4n) is 2.07. The van der Waals surface area contributed by atoms with E-state index < -0.39 is 0 Å². The summed E-state index contributed by atoms with van der Waals surface area (Å²) in [4.78, 5) is 13.9. The number of hydrogen-bond donors (Lipinski definition) is 0. The zero-order valence-electron chi connectivity index (χ0n) is 12.5. The molecule has 2 nitrogen and oxygen atoms in total. The van der Waals surface area contributed by atoms with Crippen LogP contribution in [0, 0.1) is 29.1 Å². The minimum Gasteiger partial charge on any atom is -0.343 e. The first-order valence-electron chi connectivity index (χ1n) is 7.08. The van der Waals surface area contributed by atoms with Crippen molar-refractivity contribution in [2.75, 3.05) is 13.1 Å². The van der Waals surface area contributed by atoms with E-state index in [-0.39, 0.29) is 5.41 Å². The van der Waals surface area contributed by atoms with E-state index >= 15 is 0 Å². The molecule has 18 heavy (non-hydrogen) atoms. The van der Waals surface area contributed by atoms with Crippen molar-refractivity contribution < 1.29 is 4.79 Å². The molecule has 102 valence electrons. The molecule has 1 aliphatic heterocycles. The molecule has 0 radical (unpaired) electrons. The van der Waals surface area contributed by atoms with Gasteiger partial charge in [-0.3, -0.25) is 4.79 Å². The predicted molar refractivity (Wildman–Crippen MR) is 76.0 cm³/mol. The van der Waals surface area contributed by atoms with Crippen LogP contribution in [0.1, 0.15) is 53.9 Å². The van der Waals surface area contributed by atoms with Gasteiger partial charge in [0.15, 0.2) is 0 Å². The topological polar surface area (TPSA) is 20.3 Å². The molecule has 1 rings (SSSR count). The monoisotopic (exact) mass is 249 g/mol. The van der Waals surface area contributed by atoms with Gasteiger partial charge < -0.3 is 4.90 Å². The lowest BCUT2D eigenvalue weighted by Crippen LogP contribution is -2.38. The highest BCUT2D eigenvalue weighted by molar-refractivity contribution is 5.76. The van der Waals surface area contributed by atoms with Gasteiger partial charge in [-0.05, 0) is 39.5 Å². The highest BCUT2D eigenvalue weighted by Crippen LogP contribution is 2.19. The van der Waals surface area contributed by atoms with Crippen molar-refractivity contribution in [2.45, 2.75) is 53.9 Å². The van der Waals surface area contributed by atoms with Gasteiger partial charge in [0.2, 0.25) is 5.91 Å². The van der Waals surface area contributed by atoms with Crippen LogP contribution in [0.25, 0.3) is 0 Å². The largest absolute Gasteiger partial charge is 0.343 e. The quantitative estimate of drug-likeness (QED) is 0.687. The number of amides is 1. The molecule has 0 unspecified atom stereocenters. The van der Waals surface area contributed by atoms with Crippen molar-refractivity contribution in [2.24, 2.45) is 17.3 Å². The Balaban J connectivity index is 2.41. The average Bonchev–Trinajstić information content (AvgIpc) is 2.25. The number of nitrogens with zero attached hydrogens (tertiary/aromatic N) is 1. The van der Waals surface area contributed by atoms with E-state index in [4.69, 9.17) is 0 Å². The number of piperidine rings is 1. The van der Waals surface area contributed by atoms with Crippen LogP contribution in [-0.4, -0.2) is 23.9 Å². The number of rotatable bonds is 2. The van der Waals surface area contributed by atoms with E-state index in [0.717, 1.165) is 25.9 Å². The molecule has 1 fully saturated rings. The van der Waals surface area contributed by atoms with Crippen molar-refractivity contribution in [1.29, 1.82) is 0 Å². The van der Waals surface area contributed by atoms with Gasteiger partial charge in [-0.15, -0.1) is 0 Å². The van der Waals surface area contributed by atoms with Crippen LogP contribution in [0.15, 0.2) is 0 Å². The van der Waals surface area contributed by atoms with Gasteiger partial charge in [0.1, 0.15) is 0 Å². The molecule has 0 atom stereocenters. The van der Waals surface area contributed by atoms with Gasteiger partial charge in [0.05, 0.1) is 0 Å². The van der Waals surface area contributed by atoms with Crippen LogP contribution in [0.5, 0.6) is 0 Å². The van der Waals surface area contributed by atoms with E-state index in [1.54, 1.807) is 0 Å². The van der Waals surface area contributed by atoms with E-state index in [1.807, 2.05) is 4.90 Å². The summed E-state index contributed by atoms with van der Waals surface area (Å²) in [5, 5.41) is 0. The lowest BCUT2D eigenvalue weighted by atomic mass is 9.92. The van der Waals surface area contributed by atoms with Gasteiger partial charge in [-0.2, -0.15) is 0 Å². The number of carbonyl (C=O) groups is 1. The third kappa shape index (κ3) is 5.58. The van der Waals surface area contributed by atoms with Crippen molar-refractivity contribution in [3.8, 4) is 11.8 Å². The minimum atomic E-state index is 0.0879. The Morgan fingerprint density at radius 3 is 2.28 bits per heavy atom. The summed E-state index contributed by atoms with van der Waals surface area (Å²) in [6, 6.07) is 0. The molecular formula is C16H27NO. The lowest BCUT2D eigenvalue weighted by molar-refractivity contribution is -0.133. The maximum absolute atomic E-state index is 11.9. The minimum absolute atomic E-state index is 0.0879. The van der Waals surface area contributed by atoms with Crippen LogP contribution in [0.2, 0.25) is 0 Å². The lowest BCUT2D eigenvalue weighted by Gasteiger charge is -2.30. The summed E-state index contributed by atoms with van der Waals surface area (Å²) in [5.74, 6) is 7.93. The molecule has 1 aliphatic rings. The second kappa shape index (κ2) is 6.27. The smallest absolute Gasteiger partial charge is 0.222 e. The molecule has 0 aromatic heterocycles. The number of carbonyl (C=O) groups excluding carboxylic acids is 1. The zero-order valence-corrected chi connectivity index (χ0v) is 12.5. The normalized spacial score (nSPS) is 17.6. The van der Waals surface area contributed by atoms with Gasteiger partial charge in [0, 0.05) is 30.8 Å². The molecule has 0 N–H and O–H groups in total. The maximum atomic E-state index is 11.9. The highest BCUT2D eigenvalue weighted by atomic mass is 16.2. The zero-order chi connectivity index (χ0) is 13.8. The summed E-state index contributed by atoms with van der Waals surface area (Å²) >= 11 is 0. The summed E-state index contributed by atoms with van der Waals surface area (Å²) in [6.07, 6.45) is 2.75. The van der Waals surface area contributed by atoms with Crippen molar-refractivity contribution in [1.82, 2.24) is 4.90 Å². The van der Waals surface area contributed by atoms with Crippen LogP contribution >= 0.6 is 0 Å². The third-order valence-corrected chi connectivity index (χ3v) is 3.08. The third-order valence-electron chi connectivity index (χ3n) is 3.08. The van der Waals surface area contributed by atoms with Gasteiger partial charge in [-0.1, -0.05) is 25.7 Å². The van der Waals surface area contributed by atoms with Crippen LogP contribution in [0.3, 0.4) is 0 Å². The Labute approximate surface area is 112 Å². The Morgan fingerprint density at radius 1 is 1.28 bits per heavy atom. The van der Waals surface area contributed by atoms with E-state index in [0.29, 0.717) is 24.2 Å². The SMILES string of the molecule is CC(C)CC(=O)N1CCC(C#CC(C)(C)C)CC1. The molecule has 1 heterocycles.